The predicted molar refractivity (Wildman–Crippen MR) is 92.5 cm³/mol. The Morgan fingerprint density at radius 1 is 1.44 bits per heavy atom. The van der Waals surface area contributed by atoms with Crippen molar-refractivity contribution in [2.24, 2.45) is 5.92 Å². The van der Waals surface area contributed by atoms with Crippen LogP contribution < -0.4 is 5.73 Å². The van der Waals surface area contributed by atoms with Crippen LogP contribution in [-0.4, -0.2) is 39.8 Å². The Labute approximate surface area is 146 Å². The molecule has 25 heavy (non-hydrogen) atoms. The van der Waals surface area contributed by atoms with Gasteiger partial charge >= 0.3 is 12.2 Å². The molecule has 0 unspecified atom stereocenters. The minimum absolute atomic E-state index is 0.0500. The lowest BCUT2D eigenvalue weighted by Gasteiger charge is -2.31. The van der Waals surface area contributed by atoms with Gasteiger partial charge in [0.1, 0.15) is 17.7 Å². The van der Waals surface area contributed by atoms with Gasteiger partial charge in [0.15, 0.2) is 0 Å². The second kappa shape index (κ2) is 6.06. The number of imide groups is 1. The molecule has 1 fully saturated rings. The van der Waals surface area contributed by atoms with Gasteiger partial charge in [-0.1, -0.05) is 13.0 Å². The lowest BCUT2D eigenvalue weighted by Crippen LogP contribution is -2.45. The first-order valence-electron chi connectivity index (χ1n) is 8.31. The molecule has 3 atom stereocenters. The van der Waals surface area contributed by atoms with Crippen molar-refractivity contribution < 1.29 is 19.1 Å². The highest BCUT2D eigenvalue weighted by Crippen LogP contribution is 2.40. The summed E-state index contributed by atoms with van der Waals surface area (Å²) >= 11 is 0. The summed E-state index contributed by atoms with van der Waals surface area (Å²) < 4.78 is 10.8. The van der Waals surface area contributed by atoms with Crippen LogP contribution in [0, 0.1) is 5.92 Å². The molecule has 0 saturated carbocycles. The summed E-state index contributed by atoms with van der Waals surface area (Å²) in [6.07, 6.45) is 4.09. The minimum atomic E-state index is -0.697. The normalized spacial score (nSPS) is 25.9. The van der Waals surface area contributed by atoms with Gasteiger partial charge in [-0.3, -0.25) is 4.98 Å². The number of pyridine rings is 1. The molecule has 1 aromatic rings. The summed E-state index contributed by atoms with van der Waals surface area (Å²) in [5.41, 5.74) is 7.74. The van der Waals surface area contributed by atoms with Crippen LogP contribution in [0.5, 0.6) is 0 Å². The maximum Gasteiger partial charge on any atom is 0.420 e. The summed E-state index contributed by atoms with van der Waals surface area (Å²) in [5, 5.41) is 0. The number of aromatic nitrogens is 1. The highest BCUT2D eigenvalue weighted by atomic mass is 16.6. The van der Waals surface area contributed by atoms with Gasteiger partial charge in [0.05, 0.1) is 11.9 Å². The fraction of sp³-hybridized carbons (Fsp3) is 0.500. The van der Waals surface area contributed by atoms with Crippen molar-refractivity contribution in [2.75, 3.05) is 5.73 Å². The van der Waals surface area contributed by atoms with E-state index in [1.165, 1.54) is 0 Å². The van der Waals surface area contributed by atoms with Crippen molar-refractivity contribution in [2.45, 2.75) is 51.9 Å². The molecule has 7 nitrogen and oxygen atoms in total. The smallest absolute Gasteiger partial charge is 0.420 e. The van der Waals surface area contributed by atoms with Gasteiger partial charge in [-0.05, 0) is 44.7 Å². The number of fused-ring (bicyclic) bond motifs is 1. The predicted octanol–water partition coefficient (Wildman–Crippen LogP) is 3.21. The minimum Gasteiger partial charge on any atom is -0.443 e. The summed E-state index contributed by atoms with van der Waals surface area (Å²) in [4.78, 5) is 29.8. The number of anilines is 1. The molecule has 0 radical (unpaired) electrons. The quantitative estimate of drug-likeness (QED) is 0.840. The van der Waals surface area contributed by atoms with Gasteiger partial charge in [-0.15, -0.1) is 0 Å². The molecule has 1 aliphatic carbocycles. The molecule has 2 N–H and O–H groups in total. The number of carbonyl (C=O) groups is 2. The number of ether oxygens (including phenoxy) is 2. The van der Waals surface area contributed by atoms with Crippen LogP contribution >= 0.6 is 0 Å². The molecular weight excluding hydrogens is 322 g/mol. The van der Waals surface area contributed by atoms with E-state index in [-0.39, 0.29) is 12.0 Å². The molecule has 2 aliphatic rings. The lowest BCUT2D eigenvalue weighted by atomic mass is 9.82. The average Bonchev–Trinajstić information content (AvgIpc) is 2.82. The van der Waals surface area contributed by atoms with Crippen LogP contribution in [-0.2, 0) is 9.47 Å². The maximum absolute atomic E-state index is 12.5. The van der Waals surface area contributed by atoms with Crippen molar-refractivity contribution >= 4 is 23.4 Å². The number of hydrogen-bond donors (Lipinski definition) is 1. The zero-order chi connectivity index (χ0) is 18.4. The van der Waals surface area contributed by atoms with Crippen LogP contribution in [0.15, 0.2) is 24.5 Å². The third-order valence-corrected chi connectivity index (χ3v) is 4.33. The van der Waals surface area contributed by atoms with Crippen LogP contribution in [0.3, 0.4) is 0 Å². The lowest BCUT2D eigenvalue weighted by molar-refractivity contribution is 0.0307. The molecule has 1 aliphatic heterocycles. The summed E-state index contributed by atoms with van der Waals surface area (Å²) in [6, 6.07) is 1.33. The van der Waals surface area contributed by atoms with Gasteiger partial charge in [0.2, 0.25) is 0 Å². The number of nitrogens with two attached hydrogens (primary N) is 1. The Morgan fingerprint density at radius 3 is 2.80 bits per heavy atom. The van der Waals surface area contributed by atoms with E-state index in [1.54, 1.807) is 33.2 Å². The number of amides is 2. The Hall–Kier alpha value is -2.57. The number of nitrogens with zero attached hydrogens (tertiary/aromatic N) is 2. The molecule has 3 rings (SSSR count). The van der Waals surface area contributed by atoms with E-state index >= 15 is 0 Å². The summed E-state index contributed by atoms with van der Waals surface area (Å²) in [6.45, 7) is 7.26. The first kappa shape index (κ1) is 17.3. The third kappa shape index (κ3) is 3.31. The standard InChI is InChI=1S/C18H23N3O4/c1-10-7-11(12-5-6-20-9-13(12)19)8-14-15(10)24-16(22)21(14)17(23)25-18(2,3)4/h5-6,8-10,14-15H,7,19H2,1-4H3/t10-,14+,15-/m1/s1. The molecule has 1 aromatic heterocycles. The Balaban J connectivity index is 1.96. The Kier molecular flexibility index (Phi) is 4.18. The highest BCUT2D eigenvalue weighted by molar-refractivity contribution is 5.91. The first-order valence-corrected chi connectivity index (χ1v) is 8.31. The highest BCUT2D eigenvalue weighted by Gasteiger charge is 2.50. The molecule has 0 bridgehead atoms. The number of hydrogen-bond acceptors (Lipinski definition) is 6. The van der Waals surface area contributed by atoms with Gasteiger partial charge in [0.25, 0.3) is 0 Å². The van der Waals surface area contributed by atoms with Crippen molar-refractivity contribution in [3.05, 3.63) is 30.1 Å². The zero-order valence-corrected chi connectivity index (χ0v) is 14.9. The number of carbonyl (C=O) groups excluding carboxylic acids is 2. The van der Waals surface area contributed by atoms with E-state index in [2.05, 4.69) is 4.98 Å². The van der Waals surface area contributed by atoms with Crippen molar-refractivity contribution in [3.63, 3.8) is 0 Å². The van der Waals surface area contributed by atoms with Crippen LogP contribution in [0.25, 0.3) is 5.57 Å². The second-order valence-electron chi connectivity index (χ2n) is 7.53. The Morgan fingerprint density at radius 2 is 2.16 bits per heavy atom. The summed E-state index contributed by atoms with van der Waals surface area (Å²) in [5.74, 6) is 0.0500. The monoisotopic (exact) mass is 345 g/mol. The number of allylic oxidation sites excluding steroid dienone is 1. The van der Waals surface area contributed by atoms with Gasteiger partial charge < -0.3 is 15.2 Å². The van der Waals surface area contributed by atoms with E-state index in [0.29, 0.717) is 12.1 Å². The van der Waals surface area contributed by atoms with Crippen LogP contribution in [0.2, 0.25) is 0 Å². The SMILES string of the molecule is C[C@@H]1CC(c2ccncc2N)=C[C@H]2[C@@H]1OC(=O)N2C(=O)OC(C)(C)C. The fourth-order valence-electron chi connectivity index (χ4n) is 3.28. The molecule has 0 aromatic carbocycles. The van der Waals surface area contributed by atoms with E-state index in [1.807, 2.05) is 19.1 Å². The van der Waals surface area contributed by atoms with E-state index in [4.69, 9.17) is 15.2 Å². The van der Waals surface area contributed by atoms with Crippen molar-refractivity contribution in [1.82, 2.24) is 9.88 Å². The van der Waals surface area contributed by atoms with Crippen LogP contribution in [0.1, 0.15) is 39.7 Å². The molecule has 7 heteroatoms. The van der Waals surface area contributed by atoms with E-state index in [0.717, 1.165) is 16.0 Å². The molecule has 1 saturated heterocycles. The largest absolute Gasteiger partial charge is 0.443 e. The Bertz CT molecular complexity index is 738. The maximum atomic E-state index is 12.5. The van der Waals surface area contributed by atoms with Crippen molar-refractivity contribution in [3.8, 4) is 0 Å². The molecule has 2 heterocycles. The number of rotatable bonds is 1. The van der Waals surface area contributed by atoms with E-state index in [9.17, 15) is 9.59 Å². The van der Waals surface area contributed by atoms with Gasteiger partial charge in [-0.25, -0.2) is 14.5 Å². The van der Waals surface area contributed by atoms with E-state index < -0.39 is 23.8 Å². The van der Waals surface area contributed by atoms with Crippen LogP contribution in [0.4, 0.5) is 15.3 Å². The van der Waals surface area contributed by atoms with Gasteiger partial charge in [-0.2, -0.15) is 0 Å². The molecule has 2 amide bonds. The number of nitrogen functional groups attached to an aromatic ring is 1. The molecule has 134 valence electrons. The summed E-state index contributed by atoms with van der Waals surface area (Å²) in [7, 11) is 0. The molecule has 0 spiro atoms. The topological polar surface area (TPSA) is 94.8 Å². The fourth-order valence-corrected chi connectivity index (χ4v) is 3.28. The average molecular weight is 345 g/mol. The van der Waals surface area contributed by atoms with Crippen molar-refractivity contribution in [1.29, 1.82) is 0 Å². The first-order chi connectivity index (χ1) is 11.7. The third-order valence-electron chi connectivity index (χ3n) is 4.33. The van der Waals surface area contributed by atoms with Gasteiger partial charge in [0, 0.05) is 11.8 Å². The zero-order valence-electron chi connectivity index (χ0n) is 14.9. The molecular formula is C18H23N3O4. The second-order valence-corrected chi connectivity index (χ2v) is 7.53.